The van der Waals surface area contributed by atoms with Crippen molar-refractivity contribution in [3.8, 4) is 11.5 Å². The van der Waals surface area contributed by atoms with E-state index in [1.54, 1.807) is 4.90 Å². The summed E-state index contributed by atoms with van der Waals surface area (Å²) in [6.45, 7) is 2.31. The van der Waals surface area contributed by atoms with Crippen molar-refractivity contribution in [1.82, 2.24) is 20.1 Å². The molecule has 5 N–H and O–H groups in total. The standard InChI is InChI=1S/C30H31ClN6O9S2.Na/c31-21-17(3-5-19(38)24(21)41)26(43)35-7-9-37(8-1-2-15(37)10-35)11-14-12-47-28-22(27(44)36(28)23(14)29(45)46)34-25(42)16(4-6-20(39)40)18-13-48-30(32)33-18;/h3-5,13,15,22,28H,1-2,6-12H2,(H6-,32,33,34,38,39,40,41,42,43,45,46);/q;+1/p-1/b16-4-;/t15?,22-,28-,37?;/m1./s1. The molecule has 0 aliphatic carbocycles. The van der Waals surface area contributed by atoms with Crippen molar-refractivity contribution in [2.24, 2.45) is 0 Å². The van der Waals surface area contributed by atoms with Gasteiger partial charge in [-0.1, -0.05) is 17.7 Å². The largest absolute Gasteiger partial charge is 1.00 e. The number of thioether (sulfide) groups is 1. The molecular formula is C30H30ClN6NaO9S2. The van der Waals surface area contributed by atoms with Gasteiger partial charge in [-0.3, -0.25) is 19.3 Å². The number of quaternary nitrogens is 1. The minimum absolute atomic E-state index is 0. The van der Waals surface area contributed by atoms with E-state index < -0.39 is 53.1 Å². The molecule has 0 bridgehead atoms. The number of rotatable bonds is 9. The van der Waals surface area contributed by atoms with E-state index in [1.165, 1.54) is 29.3 Å². The van der Waals surface area contributed by atoms with Crippen LogP contribution < -0.4 is 50.8 Å². The number of nitrogens with zero attached hydrogens (tertiary/aromatic N) is 4. The van der Waals surface area contributed by atoms with E-state index >= 15 is 0 Å². The Bertz CT molecular complexity index is 1800. The second-order valence-electron chi connectivity index (χ2n) is 12.0. The number of aromatic hydroxyl groups is 2. The van der Waals surface area contributed by atoms with Crippen LogP contribution in [0.25, 0.3) is 5.57 Å². The molecule has 254 valence electrons. The zero-order valence-electron chi connectivity index (χ0n) is 26.2. The number of anilines is 1. The van der Waals surface area contributed by atoms with Crippen molar-refractivity contribution < 1.29 is 78.4 Å². The van der Waals surface area contributed by atoms with E-state index in [0.29, 0.717) is 36.2 Å². The maximum atomic E-state index is 13.4. The van der Waals surface area contributed by atoms with Gasteiger partial charge in [0.25, 0.3) is 17.7 Å². The monoisotopic (exact) mass is 740 g/mol. The minimum atomic E-state index is -1.51. The number of nitrogen functional groups attached to an aromatic ring is 1. The van der Waals surface area contributed by atoms with Crippen molar-refractivity contribution in [2.45, 2.75) is 36.7 Å². The SMILES string of the molecule is Nc1nc(/C(=C/CC(=O)[O-])C(=O)N[C@@H]2C(=O)N3C(C(=O)[O-])=C(C[N+]45CCCC4CN(C(=O)c4ccc(O)c(O)c4Cl)CC5)CS[C@H]23)cs1.[Na+]. The molecule has 4 aliphatic rings. The van der Waals surface area contributed by atoms with E-state index in [2.05, 4.69) is 10.3 Å². The van der Waals surface area contributed by atoms with Crippen LogP contribution in [0.5, 0.6) is 11.5 Å². The summed E-state index contributed by atoms with van der Waals surface area (Å²) in [6.07, 6.45) is 2.19. The van der Waals surface area contributed by atoms with Gasteiger partial charge >= 0.3 is 29.6 Å². The number of nitrogens with one attached hydrogen (secondary N) is 1. The summed E-state index contributed by atoms with van der Waals surface area (Å²) in [5, 5.41) is 46.6. The number of aromatic nitrogens is 1. The van der Waals surface area contributed by atoms with Gasteiger partial charge in [0.05, 0.1) is 59.7 Å². The number of amides is 3. The molecule has 0 radical (unpaired) electrons. The molecule has 1 aromatic carbocycles. The third-order valence-corrected chi connectivity index (χ3v) is 11.7. The Morgan fingerprint density at radius 2 is 1.96 bits per heavy atom. The number of piperazine rings is 1. The first-order chi connectivity index (χ1) is 22.8. The summed E-state index contributed by atoms with van der Waals surface area (Å²) in [4.78, 5) is 70.4. The molecule has 3 fully saturated rings. The van der Waals surface area contributed by atoms with E-state index in [9.17, 15) is 44.4 Å². The van der Waals surface area contributed by atoms with Crippen LogP contribution in [0.4, 0.5) is 5.13 Å². The summed E-state index contributed by atoms with van der Waals surface area (Å²) in [6, 6.07) is 1.47. The van der Waals surface area contributed by atoms with Crippen molar-refractivity contribution in [3.05, 3.63) is 51.1 Å². The third kappa shape index (κ3) is 6.89. The number of carboxylic acids is 2. The smallest absolute Gasteiger partial charge is 0.550 e. The summed E-state index contributed by atoms with van der Waals surface area (Å²) in [5.74, 6) is -5.47. The second kappa shape index (κ2) is 14.5. The average Bonchev–Trinajstić information content (AvgIpc) is 3.67. The number of halogens is 1. The summed E-state index contributed by atoms with van der Waals surface area (Å²) in [7, 11) is 0. The number of carboxylic acid groups (broad SMARTS) is 2. The molecule has 0 spiro atoms. The Labute approximate surface area is 315 Å². The number of hydrogen-bond acceptors (Lipinski definition) is 13. The predicted molar refractivity (Wildman–Crippen MR) is 170 cm³/mol. The fraction of sp³-hybridized carbons (Fsp3) is 0.400. The first-order valence-electron chi connectivity index (χ1n) is 15.0. The van der Waals surface area contributed by atoms with Crippen molar-refractivity contribution >= 4 is 75.1 Å². The van der Waals surface area contributed by atoms with Crippen molar-refractivity contribution in [3.63, 3.8) is 0 Å². The molecule has 4 aliphatic heterocycles. The Hall–Kier alpha value is -3.32. The number of benzene rings is 1. The topological polar surface area (TPSA) is 229 Å². The number of phenolic OH excluding ortho intramolecular Hbond substituents is 2. The Kier molecular flexibility index (Phi) is 10.9. The zero-order chi connectivity index (χ0) is 34.5. The van der Waals surface area contributed by atoms with Crippen LogP contribution in [0, 0.1) is 0 Å². The fourth-order valence-electron chi connectivity index (χ4n) is 6.99. The van der Waals surface area contributed by atoms with Crippen LogP contribution in [-0.2, 0) is 19.2 Å². The first-order valence-corrected chi connectivity index (χ1v) is 17.3. The van der Waals surface area contributed by atoms with Gasteiger partial charge in [-0.25, -0.2) is 4.98 Å². The van der Waals surface area contributed by atoms with Crippen LogP contribution in [0.15, 0.2) is 34.9 Å². The number of hydrogen-bond donors (Lipinski definition) is 4. The molecule has 5 heterocycles. The molecule has 49 heavy (non-hydrogen) atoms. The molecule has 1 aromatic heterocycles. The molecular weight excluding hydrogens is 711 g/mol. The molecule has 19 heteroatoms. The van der Waals surface area contributed by atoms with Gasteiger partial charge < -0.3 is 50.4 Å². The normalized spacial score (nSPS) is 24.8. The molecule has 2 aromatic rings. The number of aliphatic carboxylic acids is 2. The van der Waals surface area contributed by atoms with Gasteiger partial charge in [0.1, 0.15) is 24.0 Å². The maximum Gasteiger partial charge on any atom is 1.00 e. The number of phenols is 2. The van der Waals surface area contributed by atoms with Crippen LogP contribution >= 0.6 is 34.7 Å². The van der Waals surface area contributed by atoms with Gasteiger partial charge in [0, 0.05) is 41.9 Å². The molecule has 6 rings (SSSR count). The zero-order valence-corrected chi connectivity index (χ0v) is 30.6. The van der Waals surface area contributed by atoms with E-state index in [1.807, 2.05) is 0 Å². The van der Waals surface area contributed by atoms with Gasteiger partial charge in [0.15, 0.2) is 16.6 Å². The van der Waals surface area contributed by atoms with Crippen LogP contribution in [-0.4, -0.2) is 115 Å². The molecule has 0 saturated carbocycles. The molecule has 4 atom stereocenters. The number of β-lactam (4-membered cyclic amide) rings is 1. The van der Waals surface area contributed by atoms with Crippen molar-refractivity contribution in [2.75, 3.05) is 44.2 Å². The van der Waals surface area contributed by atoms with Gasteiger partial charge in [-0.05, 0) is 12.1 Å². The fourth-order valence-corrected chi connectivity index (χ4v) is 9.13. The Morgan fingerprint density at radius 3 is 2.63 bits per heavy atom. The molecule has 15 nitrogen and oxygen atoms in total. The Balaban J connectivity index is 0.00000468. The third-order valence-electron chi connectivity index (χ3n) is 9.32. The van der Waals surface area contributed by atoms with E-state index in [0.717, 1.165) is 41.7 Å². The quantitative estimate of drug-likeness (QED) is 0.0632. The average molecular weight is 741 g/mol. The number of carbonyl (C=O) groups excluding carboxylic acids is 5. The van der Waals surface area contributed by atoms with Crippen LogP contribution in [0.1, 0.15) is 35.3 Å². The van der Waals surface area contributed by atoms with Crippen LogP contribution in [0.2, 0.25) is 5.02 Å². The van der Waals surface area contributed by atoms with Crippen LogP contribution in [0.3, 0.4) is 0 Å². The van der Waals surface area contributed by atoms with Gasteiger partial charge in [-0.2, -0.15) is 0 Å². The maximum absolute atomic E-state index is 13.4. The number of fused-ring (bicyclic) bond motifs is 2. The van der Waals surface area contributed by atoms with E-state index in [4.69, 9.17) is 17.3 Å². The second-order valence-corrected chi connectivity index (χ2v) is 14.4. The number of nitrogens with two attached hydrogens (primary N) is 1. The summed E-state index contributed by atoms with van der Waals surface area (Å²) >= 11 is 8.51. The Morgan fingerprint density at radius 1 is 1.20 bits per heavy atom. The number of carbonyl (C=O) groups is 5. The number of thiazole rings is 1. The molecule has 2 unspecified atom stereocenters. The first kappa shape index (κ1) is 36.9. The molecule has 3 amide bonds. The summed E-state index contributed by atoms with van der Waals surface area (Å²) < 4.78 is 0.529. The summed E-state index contributed by atoms with van der Waals surface area (Å²) in [5.41, 5.74) is 6.08. The predicted octanol–water partition coefficient (Wildman–Crippen LogP) is -4.14. The van der Waals surface area contributed by atoms with Gasteiger partial charge in [0.2, 0.25) is 0 Å². The van der Waals surface area contributed by atoms with Crippen molar-refractivity contribution in [1.29, 1.82) is 0 Å². The molecule has 3 saturated heterocycles. The van der Waals surface area contributed by atoms with Gasteiger partial charge in [-0.15, -0.1) is 23.1 Å². The minimum Gasteiger partial charge on any atom is -0.550 e. The van der Waals surface area contributed by atoms with E-state index in [-0.39, 0.29) is 79.9 Å².